The van der Waals surface area contributed by atoms with E-state index in [1.165, 1.54) is 31.3 Å². The molecule has 2 aromatic carbocycles. The van der Waals surface area contributed by atoms with Gasteiger partial charge in [0, 0.05) is 12.6 Å². The molecule has 0 aliphatic rings. The molecule has 0 saturated carbocycles. The zero-order valence-corrected chi connectivity index (χ0v) is 18.2. The van der Waals surface area contributed by atoms with E-state index in [0.29, 0.717) is 16.9 Å². The van der Waals surface area contributed by atoms with E-state index in [1.54, 1.807) is 29.6 Å². The van der Waals surface area contributed by atoms with Crippen molar-refractivity contribution in [1.29, 1.82) is 0 Å². The molecular formula is C18H13Cl3N2O3S2. The maximum Gasteiger partial charge on any atom is 0.273 e. The van der Waals surface area contributed by atoms with Crippen molar-refractivity contribution in [2.45, 2.75) is 4.21 Å². The van der Waals surface area contributed by atoms with E-state index in [4.69, 9.17) is 34.8 Å². The van der Waals surface area contributed by atoms with Crippen LogP contribution in [0.15, 0.2) is 58.1 Å². The Morgan fingerprint density at radius 2 is 1.64 bits per heavy atom. The van der Waals surface area contributed by atoms with Gasteiger partial charge >= 0.3 is 0 Å². The van der Waals surface area contributed by atoms with Crippen molar-refractivity contribution in [2.75, 3.05) is 16.7 Å². The number of hydrogen-bond acceptors (Lipinski definition) is 4. The lowest BCUT2D eigenvalue weighted by atomic mass is 10.2. The lowest BCUT2D eigenvalue weighted by Gasteiger charge is -2.18. The fraction of sp³-hybridized carbons (Fsp3) is 0.0556. The fourth-order valence-corrected chi connectivity index (χ4v) is 5.27. The summed E-state index contributed by atoms with van der Waals surface area (Å²) in [6.07, 6.45) is 0. The number of carbonyl (C=O) groups excluding carboxylic acids is 1. The van der Waals surface area contributed by atoms with Gasteiger partial charge < -0.3 is 5.32 Å². The van der Waals surface area contributed by atoms with Crippen LogP contribution in [0.2, 0.25) is 15.1 Å². The molecular weight excluding hydrogens is 463 g/mol. The van der Waals surface area contributed by atoms with E-state index in [0.717, 1.165) is 15.6 Å². The molecule has 0 atom stereocenters. The summed E-state index contributed by atoms with van der Waals surface area (Å²) in [6, 6.07) is 12.3. The van der Waals surface area contributed by atoms with E-state index in [-0.39, 0.29) is 19.3 Å². The highest BCUT2D eigenvalue weighted by atomic mass is 35.5. The number of halogens is 3. The van der Waals surface area contributed by atoms with E-state index >= 15 is 0 Å². The van der Waals surface area contributed by atoms with Gasteiger partial charge in [-0.05, 0) is 47.8 Å². The summed E-state index contributed by atoms with van der Waals surface area (Å²) in [5.74, 6) is -0.421. The molecule has 0 bridgehead atoms. The van der Waals surface area contributed by atoms with Crippen molar-refractivity contribution in [2.24, 2.45) is 0 Å². The Kier molecular flexibility index (Phi) is 6.21. The number of nitrogens with zero attached hydrogens (tertiary/aromatic N) is 1. The summed E-state index contributed by atoms with van der Waals surface area (Å²) in [5, 5.41) is 5.14. The number of hydrogen-bond donors (Lipinski definition) is 1. The van der Waals surface area contributed by atoms with Crippen LogP contribution in [0, 0.1) is 0 Å². The van der Waals surface area contributed by atoms with Gasteiger partial charge in [-0.2, -0.15) is 0 Å². The molecule has 0 aliphatic heterocycles. The van der Waals surface area contributed by atoms with Crippen LogP contribution in [0.4, 0.5) is 11.4 Å². The molecule has 28 heavy (non-hydrogen) atoms. The predicted octanol–water partition coefficient (Wildman–Crippen LogP) is 5.79. The van der Waals surface area contributed by atoms with Crippen molar-refractivity contribution in [3.8, 4) is 0 Å². The van der Waals surface area contributed by atoms with Gasteiger partial charge in [0.2, 0.25) is 0 Å². The number of anilines is 2. The third-order valence-electron chi connectivity index (χ3n) is 3.86. The van der Waals surface area contributed by atoms with E-state index in [9.17, 15) is 13.2 Å². The Labute approximate surface area is 181 Å². The Hall–Kier alpha value is -1.77. The standard InChI is InChI=1S/C18H13Cl3N2O3S2/c1-23(28(25,26)17-3-2-8-27-17)12-6-4-11(5-7-12)18(24)22-16-10-14(20)13(19)9-15(16)21/h2-10H,1H3,(H,22,24). The number of sulfonamides is 1. The molecule has 1 heterocycles. The molecule has 0 radical (unpaired) electrons. The molecule has 0 fully saturated rings. The lowest BCUT2D eigenvalue weighted by molar-refractivity contribution is 0.102. The van der Waals surface area contributed by atoms with Crippen LogP contribution in [0.25, 0.3) is 0 Å². The minimum absolute atomic E-state index is 0.242. The molecule has 146 valence electrons. The van der Waals surface area contributed by atoms with Crippen molar-refractivity contribution in [3.63, 3.8) is 0 Å². The Morgan fingerprint density at radius 3 is 2.25 bits per heavy atom. The third kappa shape index (κ3) is 4.29. The molecule has 3 aromatic rings. The van der Waals surface area contributed by atoms with Crippen molar-refractivity contribution < 1.29 is 13.2 Å². The minimum Gasteiger partial charge on any atom is -0.321 e. The minimum atomic E-state index is -3.64. The monoisotopic (exact) mass is 474 g/mol. The van der Waals surface area contributed by atoms with Gasteiger partial charge in [0.05, 0.1) is 26.4 Å². The van der Waals surface area contributed by atoms with Crippen LogP contribution in [0.3, 0.4) is 0 Å². The average Bonchev–Trinajstić information content (AvgIpc) is 3.21. The second kappa shape index (κ2) is 8.31. The summed E-state index contributed by atoms with van der Waals surface area (Å²) in [5.41, 5.74) is 1.08. The van der Waals surface area contributed by atoms with Gasteiger partial charge in [-0.3, -0.25) is 9.10 Å². The molecule has 3 rings (SSSR count). The smallest absolute Gasteiger partial charge is 0.273 e. The predicted molar refractivity (Wildman–Crippen MR) is 116 cm³/mol. The van der Waals surface area contributed by atoms with Crippen LogP contribution in [-0.2, 0) is 10.0 Å². The Balaban J connectivity index is 1.79. The molecule has 0 aliphatic carbocycles. The van der Waals surface area contributed by atoms with Crippen LogP contribution in [0.1, 0.15) is 10.4 Å². The van der Waals surface area contributed by atoms with Gasteiger partial charge in [-0.1, -0.05) is 40.9 Å². The number of carbonyl (C=O) groups is 1. The third-order valence-corrected chi connectivity index (χ3v) is 8.05. The van der Waals surface area contributed by atoms with E-state index < -0.39 is 15.9 Å². The number of thiophene rings is 1. The maximum absolute atomic E-state index is 12.6. The Bertz CT molecular complexity index is 1120. The molecule has 10 heteroatoms. The fourth-order valence-electron chi connectivity index (χ4n) is 2.32. The number of benzene rings is 2. The first-order chi connectivity index (χ1) is 13.2. The molecule has 1 N–H and O–H groups in total. The molecule has 1 amide bonds. The largest absolute Gasteiger partial charge is 0.321 e. The van der Waals surface area contributed by atoms with Crippen LogP contribution in [0.5, 0.6) is 0 Å². The van der Waals surface area contributed by atoms with Gasteiger partial charge in [0.1, 0.15) is 4.21 Å². The lowest BCUT2D eigenvalue weighted by Crippen LogP contribution is -2.25. The van der Waals surface area contributed by atoms with Crippen molar-refractivity contribution >= 4 is 73.4 Å². The second-order valence-electron chi connectivity index (χ2n) is 5.65. The number of amides is 1. The van der Waals surface area contributed by atoms with Crippen molar-refractivity contribution in [3.05, 3.63) is 74.5 Å². The van der Waals surface area contributed by atoms with Crippen LogP contribution in [-0.4, -0.2) is 21.4 Å². The topological polar surface area (TPSA) is 66.5 Å². The van der Waals surface area contributed by atoms with Crippen LogP contribution >= 0.6 is 46.1 Å². The van der Waals surface area contributed by atoms with Gasteiger partial charge in [0.15, 0.2) is 0 Å². The van der Waals surface area contributed by atoms with Crippen molar-refractivity contribution in [1.82, 2.24) is 0 Å². The summed E-state index contributed by atoms with van der Waals surface area (Å²) >= 11 is 19.0. The highest BCUT2D eigenvalue weighted by molar-refractivity contribution is 7.94. The molecule has 1 aromatic heterocycles. The molecule has 0 spiro atoms. The molecule has 5 nitrogen and oxygen atoms in total. The SMILES string of the molecule is CN(c1ccc(C(=O)Nc2cc(Cl)c(Cl)cc2Cl)cc1)S(=O)(=O)c1cccs1. The van der Waals surface area contributed by atoms with Crippen LogP contribution < -0.4 is 9.62 Å². The number of nitrogens with one attached hydrogen (secondary N) is 1. The zero-order chi connectivity index (χ0) is 20.5. The normalized spacial score (nSPS) is 11.3. The summed E-state index contributed by atoms with van der Waals surface area (Å²) in [7, 11) is -2.18. The first-order valence-electron chi connectivity index (χ1n) is 7.78. The molecule has 0 unspecified atom stereocenters. The Morgan fingerprint density at radius 1 is 1.00 bits per heavy atom. The quantitative estimate of drug-likeness (QED) is 0.475. The molecule has 0 saturated heterocycles. The highest BCUT2D eigenvalue weighted by Gasteiger charge is 2.22. The van der Waals surface area contributed by atoms with Gasteiger partial charge in [-0.15, -0.1) is 11.3 Å². The summed E-state index contributed by atoms with van der Waals surface area (Å²) in [4.78, 5) is 12.5. The zero-order valence-electron chi connectivity index (χ0n) is 14.3. The average molecular weight is 476 g/mol. The first-order valence-corrected chi connectivity index (χ1v) is 11.2. The maximum atomic E-state index is 12.6. The first kappa shape index (κ1) is 21.0. The van der Waals surface area contributed by atoms with Gasteiger partial charge in [0.25, 0.3) is 15.9 Å². The summed E-state index contributed by atoms with van der Waals surface area (Å²) < 4.78 is 26.5. The second-order valence-corrected chi connectivity index (χ2v) is 10.0. The summed E-state index contributed by atoms with van der Waals surface area (Å²) in [6.45, 7) is 0. The van der Waals surface area contributed by atoms with E-state index in [1.807, 2.05) is 0 Å². The number of rotatable bonds is 5. The van der Waals surface area contributed by atoms with E-state index in [2.05, 4.69) is 5.32 Å². The highest BCUT2D eigenvalue weighted by Crippen LogP contribution is 2.32. The van der Waals surface area contributed by atoms with Gasteiger partial charge in [-0.25, -0.2) is 8.42 Å².